The number of aryl methyl sites for hydroxylation is 1. The maximum atomic E-state index is 11.8. The number of anilines is 1. The van der Waals surface area contributed by atoms with Crippen LogP contribution in [0.15, 0.2) is 23.0 Å². The van der Waals surface area contributed by atoms with Crippen LogP contribution < -0.4 is 10.6 Å². The van der Waals surface area contributed by atoms with Gasteiger partial charge in [0.2, 0.25) is 0 Å². The molecule has 0 radical (unpaired) electrons. The molecule has 0 unspecified atom stereocenters. The number of rotatable bonds is 5. The minimum atomic E-state index is -0.410. The number of imidazole rings is 1. The molecule has 1 aromatic heterocycles. The highest BCUT2D eigenvalue weighted by molar-refractivity contribution is 5.79. The summed E-state index contributed by atoms with van der Waals surface area (Å²) in [5, 5.41) is 0. The number of aromatic nitrogens is 2. The Kier molecular flexibility index (Phi) is 5.60. The lowest BCUT2D eigenvalue weighted by Gasteiger charge is -2.36. The lowest BCUT2D eigenvalue weighted by Crippen LogP contribution is -2.46. The first-order valence-corrected chi connectivity index (χ1v) is 9.61. The summed E-state index contributed by atoms with van der Waals surface area (Å²) in [6.45, 7) is 10.4. The number of nitrogens with one attached hydrogen (secondary N) is 1. The molecule has 3 rings (SSSR count). The smallest absolute Gasteiger partial charge is 0.326 e. The van der Waals surface area contributed by atoms with Crippen molar-refractivity contribution in [3.05, 3.63) is 28.7 Å². The van der Waals surface area contributed by atoms with Crippen LogP contribution in [0, 0.1) is 0 Å². The molecule has 148 valence electrons. The summed E-state index contributed by atoms with van der Waals surface area (Å²) < 4.78 is 7.00. The largest absolute Gasteiger partial charge is 0.460 e. The van der Waals surface area contributed by atoms with Crippen LogP contribution in [-0.2, 0) is 16.6 Å². The first-order valence-electron chi connectivity index (χ1n) is 9.61. The number of carbonyl (C=O) groups excluding carboxylic acids is 1. The lowest BCUT2D eigenvalue weighted by molar-refractivity contribution is -0.155. The second-order valence-corrected chi connectivity index (χ2v) is 8.21. The minimum absolute atomic E-state index is 0.0862. The molecule has 7 heteroatoms. The second kappa shape index (κ2) is 7.76. The molecule has 7 nitrogen and oxygen atoms in total. The van der Waals surface area contributed by atoms with E-state index < -0.39 is 5.60 Å². The van der Waals surface area contributed by atoms with E-state index in [4.69, 9.17) is 4.74 Å². The van der Waals surface area contributed by atoms with Gasteiger partial charge in [0.1, 0.15) is 5.60 Å². The zero-order chi connectivity index (χ0) is 19.6. The summed E-state index contributed by atoms with van der Waals surface area (Å²) in [6.07, 6.45) is 1.29. The highest BCUT2D eigenvalue weighted by Gasteiger charge is 2.19. The highest BCUT2D eigenvalue weighted by Crippen LogP contribution is 2.21. The summed E-state index contributed by atoms with van der Waals surface area (Å²) in [7, 11) is 1.79. The molecule has 0 amide bonds. The number of piperazine rings is 1. The van der Waals surface area contributed by atoms with Gasteiger partial charge in [0.15, 0.2) is 0 Å². The van der Waals surface area contributed by atoms with Crippen LogP contribution >= 0.6 is 0 Å². The molecule has 1 aliphatic heterocycles. The Morgan fingerprint density at radius 1 is 1.19 bits per heavy atom. The van der Waals surface area contributed by atoms with E-state index in [1.165, 1.54) is 0 Å². The van der Waals surface area contributed by atoms with Gasteiger partial charge < -0.3 is 14.6 Å². The number of benzene rings is 1. The number of aromatic amines is 1. The average molecular weight is 374 g/mol. The molecule has 0 bridgehead atoms. The Bertz CT molecular complexity index is 854. The van der Waals surface area contributed by atoms with Crippen molar-refractivity contribution in [2.45, 2.75) is 39.2 Å². The maximum absolute atomic E-state index is 11.8. The molecule has 1 aromatic carbocycles. The fourth-order valence-electron chi connectivity index (χ4n) is 3.48. The van der Waals surface area contributed by atoms with E-state index in [9.17, 15) is 9.59 Å². The average Bonchev–Trinajstić information content (AvgIpc) is 2.88. The summed E-state index contributed by atoms with van der Waals surface area (Å²) in [5.74, 6) is -0.119. The van der Waals surface area contributed by atoms with Gasteiger partial charge in [-0.2, -0.15) is 0 Å². The van der Waals surface area contributed by atoms with Crippen LogP contribution in [-0.4, -0.2) is 58.7 Å². The number of ether oxygens (including phenoxy) is 1. The Balaban J connectivity index is 1.48. The lowest BCUT2D eigenvalue weighted by atomic mass is 10.2. The Morgan fingerprint density at radius 2 is 1.89 bits per heavy atom. The predicted molar refractivity (Wildman–Crippen MR) is 107 cm³/mol. The van der Waals surface area contributed by atoms with Crippen molar-refractivity contribution in [1.29, 1.82) is 0 Å². The van der Waals surface area contributed by atoms with Crippen molar-refractivity contribution >= 4 is 22.7 Å². The molecule has 1 N–H and O–H groups in total. The van der Waals surface area contributed by atoms with Gasteiger partial charge in [-0.05, 0) is 51.9 Å². The Labute approximate surface area is 159 Å². The van der Waals surface area contributed by atoms with Gasteiger partial charge in [-0.3, -0.25) is 14.3 Å². The molecule has 1 aliphatic rings. The van der Waals surface area contributed by atoms with E-state index in [1.54, 1.807) is 11.6 Å². The number of fused-ring (bicyclic) bond motifs is 1. The zero-order valence-corrected chi connectivity index (χ0v) is 16.7. The van der Waals surface area contributed by atoms with Crippen LogP contribution in [0.25, 0.3) is 11.0 Å². The van der Waals surface area contributed by atoms with Crippen molar-refractivity contribution in [2.75, 3.05) is 37.6 Å². The predicted octanol–water partition coefficient (Wildman–Crippen LogP) is 2.11. The number of hydrogen-bond acceptors (Lipinski definition) is 5. The SMILES string of the molecule is Cn1c(=O)[nH]c2ccc(N3CCN(CCCC(=O)OC(C)(C)C)CC3)cc21. The first kappa shape index (κ1) is 19.5. The molecular weight excluding hydrogens is 344 g/mol. The van der Waals surface area contributed by atoms with Crippen molar-refractivity contribution in [2.24, 2.45) is 7.05 Å². The standard InChI is InChI=1S/C20H30N4O3/c1-20(2,3)27-18(25)6-5-9-23-10-12-24(13-11-23)15-7-8-16-17(14-15)22(4)19(26)21-16/h7-8,14H,5-6,9-13H2,1-4H3,(H,21,26). The molecule has 0 spiro atoms. The topological polar surface area (TPSA) is 70.6 Å². The third-order valence-electron chi connectivity index (χ3n) is 4.90. The number of H-pyrrole nitrogens is 1. The molecule has 1 saturated heterocycles. The van der Waals surface area contributed by atoms with Gasteiger partial charge in [-0.25, -0.2) is 4.79 Å². The molecule has 1 fully saturated rings. The van der Waals surface area contributed by atoms with Crippen LogP contribution in [0.4, 0.5) is 5.69 Å². The number of nitrogens with zero attached hydrogens (tertiary/aromatic N) is 3. The molecule has 2 aromatic rings. The Morgan fingerprint density at radius 3 is 2.56 bits per heavy atom. The fourth-order valence-corrected chi connectivity index (χ4v) is 3.48. The number of carbonyl (C=O) groups is 1. The summed E-state index contributed by atoms with van der Waals surface area (Å²) >= 11 is 0. The molecular formula is C20H30N4O3. The van der Waals surface area contributed by atoms with Gasteiger partial charge in [-0.1, -0.05) is 0 Å². The molecule has 27 heavy (non-hydrogen) atoms. The quantitative estimate of drug-likeness (QED) is 0.812. The van der Waals surface area contributed by atoms with E-state index in [0.717, 1.165) is 55.9 Å². The van der Waals surface area contributed by atoms with Crippen LogP contribution in [0.2, 0.25) is 0 Å². The van der Waals surface area contributed by atoms with E-state index in [2.05, 4.69) is 26.9 Å². The fraction of sp³-hybridized carbons (Fsp3) is 0.600. The van der Waals surface area contributed by atoms with E-state index in [0.29, 0.717) is 6.42 Å². The number of hydrogen-bond donors (Lipinski definition) is 1. The summed E-state index contributed by atoms with van der Waals surface area (Å²) in [6, 6.07) is 6.11. The normalized spacial score (nSPS) is 16.1. The van der Waals surface area contributed by atoms with E-state index in [-0.39, 0.29) is 11.7 Å². The summed E-state index contributed by atoms with van der Waals surface area (Å²) in [4.78, 5) is 31.1. The van der Waals surface area contributed by atoms with Crippen LogP contribution in [0.1, 0.15) is 33.6 Å². The van der Waals surface area contributed by atoms with Crippen molar-refractivity contribution < 1.29 is 9.53 Å². The molecule has 0 atom stereocenters. The van der Waals surface area contributed by atoms with Gasteiger partial charge in [0, 0.05) is 45.3 Å². The van der Waals surface area contributed by atoms with Crippen molar-refractivity contribution in [1.82, 2.24) is 14.5 Å². The second-order valence-electron chi connectivity index (χ2n) is 8.21. The Hall–Kier alpha value is -2.28. The molecule has 2 heterocycles. The third-order valence-corrected chi connectivity index (χ3v) is 4.90. The third kappa shape index (κ3) is 4.91. The number of esters is 1. The molecule has 0 saturated carbocycles. The van der Waals surface area contributed by atoms with Gasteiger partial charge in [0.25, 0.3) is 0 Å². The maximum Gasteiger partial charge on any atom is 0.326 e. The van der Waals surface area contributed by atoms with Crippen molar-refractivity contribution in [3.63, 3.8) is 0 Å². The van der Waals surface area contributed by atoms with Gasteiger partial charge >= 0.3 is 11.7 Å². The first-order chi connectivity index (χ1) is 12.7. The monoisotopic (exact) mass is 374 g/mol. The zero-order valence-electron chi connectivity index (χ0n) is 16.7. The minimum Gasteiger partial charge on any atom is -0.460 e. The van der Waals surface area contributed by atoms with Crippen LogP contribution in [0.5, 0.6) is 0 Å². The molecule has 0 aliphatic carbocycles. The van der Waals surface area contributed by atoms with E-state index >= 15 is 0 Å². The highest BCUT2D eigenvalue weighted by atomic mass is 16.6. The van der Waals surface area contributed by atoms with Crippen molar-refractivity contribution in [3.8, 4) is 0 Å². The van der Waals surface area contributed by atoms with Gasteiger partial charge in [-0.15, -0.1) is 0 Å². The summed E-state index contributed by atoms with van der Waals surface area (Å²) in [5.41, 5.74) is 2.44. The van der Waals surface area contributed by atoms with Crippen LogP contribution in [0.3, 0.4) is 0 Å². The van der Waals surface area contributed by atoms with Gasteiger partial charge in [0.05, 0.1) is 11.0 Å². The van der Waals surface area contributed by atoms with E-state index in [1.807, 2.05) is 26.8 Å².